The molecule has 0 aliphatic carbocycles. The van der Waals surface area contributed by atoms with Gasteiger partial charge in [-0.25, -0.2) is 0 Å². The van der Waals surface area contributed by atoms with Gasteiger partial charge in [-0.3, -0.25) is 4.79 Å². The Kier molecular flexibility index (Phi) is 4.56. The Morgan fingerprint density at radius 2 is 2.05 bits per heavy atom. The van der Waals surface area contributed by atoms with Crippen LogP contribution in [0.25, 0.3) is 0 Å². The van der Waals surface area contributed by atoms with Crippen LogP contribution in [0.5, 0.6) is 0 Å². The number of carbonyl (C=O) groups excluding carboxylic acids is 1. The third-order valence-corrected chi connectivity index (χ3v) is 3.73. The molecule has 2 unspecified atom stereocenters. The molecule has 2 atom stereocenters. The van der Waals surface area contributed by atoms with Gasteiger partial charge in [-0.2, -0.15) is 0 Å². The quantitative estimate of drug-likeness (QED) is 0.901. The zero-order valence-electron chi connectivity index (χ0n) is 11.6. The highest BCUT2D eigenvalue weighted by Crippen LogP contribution is 2.30. The highest BCUT2D eigenvalue weighted by molar-refractivity contribution is 5.77. The van der Waals surface area contributed by atoms with Crippen LogP contribution in [-0.4, -0.2) is 30.5 Å². The molecule has 1 fully saturated rings. The smallest absolute Gasteiger partial charge is 0.223 e. The topological polar surface area (TPSA) is 55.6 Å². The summed E-state index contributed by atoms with van der Waals surface area (Å²) in [6, 6.07) is 8.21. The number of methoxy groups -OCH3 is 1. The summed E-state index contributed by atoms with van der Waals surface area (Å²) in [5, 5.41) is 0. The molecule has 4 heteroatoms. The normalized spacial score (nSPS) is 23.7. The summed E-state index contributed by atoms with van der Waals surface area (Å²) in [6.07, 6.45) is 1.33. The standard InChI is InChI=1S/C15H22N2O2/c1-3-17-14(18)9-8-13(16)15(17)12-6-4-11(5-7-12)10-19-2/h4-7,13,15H,3,8-10,16H2,1-2H3. The predicted octanol–water partition coefficient (Wildman–Crippen LogP) is 1.84. The molecule has 104 valence electrons. The van der Waals surface area contributed by atoms with Crippen LogP contribution < -0.4 is 5.73 Å². The van der Waals surface area contributed by atoms with Gasteiger partial charge in [0.1, 0.15) is 0 Å². The van der Waals surface area contributed by atoms with E-state index in [4.69, 9.17) is 10.5 Å². The molecule has 4 nitrogen and oxygen atoms in total. The number of amides is 1. The van der Waals surface area contributed by atoms with Crippen LogP contribution in [0.3, 0.4) is 0 Å². The van der Waals surface area contributed by atoms with Gasteiger partial charge in [0.25, 0.3) is 0 Å². The zero-order valence-corrected chi connectivity index (χ0v) is 11.6. The lowest BCUT2D eigenvalue weighted by Gasteiger charge is -2.39. The Morgan fingerprint density at radius 1 is 1.37 bits per heavy atom. The Morgan fingerprint density at radius 3 is 2.63 bits per heavy atom. The van der Waals surface area contributed by atoms with E-state index in [0.29, 0.717) is 19.6 Å². The number of likely N-dealkylation sites (tertiary alicyclic amines) is 1. The van der Waals surface area contributed by atoms with E-state index in [1.165, 1.54) is 0 Å². The third-order valence-electron chi connectivity index (χ3n) is 3.73. The largest absolute Gasteiger partial charge is 0.380 e. The number of likely N-dealkylation sites (N-methyl/N-ethyl adjacent to an activating group) is 1. The first-order valence-corrected chi connectivity index (χ1v) is 6.80. The number of rotatable bonds is 4. The molecule has 1 saturated heterocycles. The van der Waals surface area contributed by atoms with Crippen molar-refractivity contribution in [1.82, 2.24) is 4.90 Å². The Labute approximate surface area is 114 Å². The van der Waals surface area contributed by atoms with Gasteiger partial charge in [0.2, 0.25) is 5.91 Å². The van der Waals surface area contributed by atoms with Crippen LogP contribution in [-0.2, 0) is 16.1 Å². The number of ether oxygens (including phenoxy) is 1. The van der Waals surface area contributed by atoms with Gasteiger partial charge in [-0.05, 0) is 24.5 Å². The average Bonchev–Trinajstić information content (AvgIpc) is 2.42. The highest BCUT2D eigenvalue weighted by Gasteiger charge is 2.33. The van der Waals surface area contributed by atoms with E-state index < -0.39 is 0 Å². The molecule has 0 bridgehead atoms. The van der Waals surface area contributed by atoms with E-state index >= 15 is 0 Å². The maximum Gasteiger partial charge on any atom is 0.223 e. The lowest BCUT2D eigenvalue weighted by atomic mass is 9.90. The predicted molar refractivity (Wildman–Crippen MR) is 74.5 cm³/mol. The average molecular weight is 262 g/mol. The first-order valence-electron chi connectivity index (χ1n) is 6.80. The van der Waals surface area contributed by atoms with Gasteiger partial charge in [0.15, 0.2) is 0 Å². The van der Waals surface area contributed by atoms with Crippen molar-refractivity contribution in [2.45, 2.75) is 38.5 Å². The summed E-state index contributed by atoms with van der Waals surface area (Å²) in [7, 11) is 1.68. The number of hydrogen-bond donors (Lipinski definition) is 1. The Balaban J connectivity index is 2.23. The molecule has 1 aliphatic heterocycles. The Bertz CT molecular complexity index is 430. The van der Waals surface area contributed by atoms with Crippen molar-refractivity contribution in [2.24, 2.45) is 5.73 Å². The van der Waals surface area contributed by atoms with Gasteiger partial charge in [-0.1, -0.05) is 24.3 Å². The minimum absolute atomic E-state index is 0.00263. The van der Waals surface area contributed by atoms with E-state index in [2.05, 4.69) is 12.1 Å². The molecular formula is C15H22N2O2. The fraction of sp³-hybridized carbons (Fsp3) is 0.533. The summed E-state index contributed by atoms with van der Waals surface area (Å²) in [5.41, 5.74) is 8.46. The zero-order chi connectivity index (χ0) is 13.8. The van der Waals surface area contributed by atoms with Crippen molar-refractivity contribution in [3.05, 3.63) is 35.4 Å². The second kappa shape index (κ2) is 6.17. The maximum absolute atomic E-state index is 12.0. The fourth-order valence-electron chi connectivity index (χ4n) is 2.76. The third kappa shape index (κ3) is 2.96. The molecule has 2 N–H and O–H groups in total. The molecule has 1 aromatic rings. The van der Waals surface area contributed by atoms with Crippen molar-refractivity contribution < 1.29 is 9.53 Å². The summed E-state index contributed by atoms with van der Waals surface area (Å²) in [5.74, 6) is 0.204. The molecule has 0 radical (unpaired) electrons. The van der Waals surface area contributed by atoms with Gasteiger partial charge < -0.3 is 15.4 Å². The number of piperidine rings is 1. The monoisotopic (exact) mass is 262 g/mol. The number of carbonyl (C=O) groups is 1. The molecule has 0 saturated carbocycles. The number of hydrogen-bond acceptors (Lipinski definition) is 3. The van der Waals surface area contributed by atoms with Crippen molar-refractivity contribution >= 4 is 5.91 Å². The van der Waals surface area contributed by atoms with Crippen molar-refractivity contribution in [2.75, 3.05) is 13.7 Å². The molecular weight excluding hydrogens is 240 g/mol. The molecule has 1 heterocycles. The van der Waals surface area contributed by atoms with E-state index in [9.17, 15) is 4.79 Å². The summed E-state index contributed by atoms with van der Waals surface area (Å²) in [6.45, 7) is 3.31. The van der Waals surface area contributed by atoms with Gasteiger partial charge in [-0.15, -0.1) is 0 Å². The minimum Gasteiger partial charge on any atom is -0.380 e. The molecule has 0 spiro atoms. The highest BCUT2D eigenvalue weighted by atomic mass is 16.5. The van der Waals surface area contributed by atoms with Gasteiger partial charge in [0, 0.05) is 26.1 Å². The fourth-order valence-corrected chi connectivity index (χ4v) is 2.76. The molecule has 1 aromatic carbocycles. The van der Waals surface area contributed by atoms with Crippen LogP contribution in [0.4, 0.5) is 0 Å². The first-order chi connectivity index (χ1) is 9.17. The summed E-state index contributed by atoms with van der Waals surface area (Å²) < 4.78 is 5.10. The van der Waals surface area contributed by atoms with Crippen LogP contribution in [0.15, 0.2) is 24.3 Å². The van der Waals surface area contributed by atoms with Crippen molar-refractivity contribution in [3.8, 4) is 0 Å². The van der Waals surface area contributed by atoms with Crippen LogP contribution in [0, 0.1) is 0 Å². The second-order valence-corrected chi connectivity index (χ2v) is 5.00. The van der Waals surface area contributed by atoms with E-state index in [1.807, 2.05) is 24.0 Å². The molecule has 1 aliphatic rings. The number of nitrogens with zero attached hydrogens (tertiary/aromatic N) is 1. The molecule has 0 aromatic heterocycles. The molecule has 2 rings (SSSR count). The van der Waals surface area contributed by atoms with E-state index in [1.54, 1.807) is 7.11 Å². The first kappa shape index (κ1) is 14.0. The van der Waals surface area contributed by atoms with Crippen molar-refractivity contribution in [1.29, 1.82) is 0 Å². The maximum atomic E-state index is 12.0. The lowest BCUT2D eigenvalue weighted by Crippen LogP contribution is -2.48. The van der Waals surface area contributed by atoms with Gasteiger partial charge in [0.05, 0.1) is 12.6 Å². The molecule has 1 amide bonds. The molecule has 19 heavy (non-hydrogen) atoms. The second-order valence-electron chi connectivity index (χ2n) is 5.00. The number of benzene rings is 1. The van der Waals surface area contributed by atoms with Gasteiger partial charge >= 0.3 is 0 Å². The van der Waals surface area contributed by atoms with E-state index in [0.717, 1.165) is 17.5 Å². The van der Waals surface area contributed by atoms with Crippen LogP contribution in [0.1, 0.15) is 36.9 Å². The minimum atomic E-state index is 0.00263. The SMILES string of the molecule is CCN1C(=O)CCC(N)C1c1ccc(COC)cc1. The summed E-state index contributed by atoms with van der Waals surface area (Å²) >= 11 is 0. The van der Waals surface area contributed by atoms with Crippen LogP contribution >= 0.6 is 0 Å². The summed E-state index contributed by atoms with van der Waals surface area (Å²) in [4.78, 5) is 13.9. The van der Waals surface area contributed by atoms with Crippen molar-refractivity contribution in [3.63, 3.8) is 0 Å². The number of nitrogens with two attached hydrogens (primary N) is 1. The lowest BCUT2D eigenvalue weighted by molar-refractivity contribution is -0.137. The van der Waals surface area contributed by atoms with Crippen LogP contribution in [0.2, 0.25) is 0 Å². The van der Waals surface area contributed by atoms with E-state index in [-0.39, 0.29) is 18.0 Å². The Hall–Kier alpha value is -1.39.